The van der Waals surface area contributed by atoms with Crippen LogP contribution < -0.4 is 16.0 Å². The van der Waals surface area contributed by atoms with Gasteiger partial charge in [-0.3, -0.25) is 10.1 Å². The van der Waals surface area contributed by atoms with Crippen LogP contribution in [0.2, 0.25) is 0 Å². The van der Waals surface area contributed by atoms with Crippen molar-refractivity contribution in [1.29, 1.82) is 0 Å². The Morgan fingerprint density at radius 1 is 1.37 bits per heavy atom. The molecule has 30 heavy (non-hydrogen) atoms. The Morgan fingerprint density at radius 2 is 2.23 bits per heavy atom. The van der Waals surface area contributed by atoms with Crippen LogP contribution in [0.15, 0.2) is 24.5 Å². The molecule has 4 rings (SSSR count). The van der Waals surface area contributed by atoms with Crippen molar-refractivity contribution in [2.75, 3.05) is 43.5 Å². The number of anilines is 2. The molecule has 2 saturated heterocycles. The lowest BCUT2D eigenvalue weighted by atomic mass is 9.82. The summed E-state index contributed by atoms with van der Waals surface area (Å²) in [5, 5.41) is 17.8. The highest BCUT2D eigenvalue weighted by Gasteiger charge is 2.27. The number of aromatic nitrogens is 4. The van der Waals surface area contributed by atoms with Crippen LogP contribution in [0.1, 0.15) is 32.6 Å². The molecule has 0 bridgehead atoms. The first-order valence-electron chi connectivity index (χ1n) is 10.6. The van der Waals surface area contributed by atoms with Gasteiger partial charge in [0, 0.05) is 38.1 Å². The predicted molar refractivity (Wildman–Crippen MR) is 114 cm³/mol. The Morgan fingerprint density at radius 3 is 3.03 bits per heavy atom. The van der Waals surface area contributed by atoms with E-state index >= 15 is 0 Å². The van der Waals surface area contributed by atoms with E-state index in [-0.39, 0.29) is 17.2 Å². The summed E-state index contributed by atoms with van der Waals surface area (Å²) < 4.78 is 5.47. The molecule has 0 aromatic carbocycles. The molecule has 0 aliphatic carbocycles. The smallest absolute Gasteiger partial charge is 0.231 e. The summed E-state index contributed by atoms with van der Waals surface area (Å²) in [6.45, 7) is 6.34. The van der Waals surface area contributed by atoms with Gasteiger partial charge in [-0.25, -0.2) is 9.97 Å². The van der Waals surface area contributed by atoms with Crippen LogP contribution in [0.25, 0.3) is 11.3 Å². The minimum atomic E-state index is -0.0454. The number of piperidine rings is 1. The van der Waals surface area contributed by atoms with E-state index in [1.54, 1.807) is 18.5 Å². The number of carbonyl (C=O) groups is 1. The van der Waals surface area contributed by atoms with E-state index in [4.69, 9.17) is 4.74 Å². The Balaban J connectivity index is 1.41. The predicted octanol–water partition coefficient (Wildman–Crippen LogP) is 2.10. The lowest BCUT2D eigenvalue weighted by Crippen LogP contribution is -2.37. The van der Waals surface area contributed by atoms with Gasteiger partial charge in [0.25, 0.3) is 0 Å². The fraction of sp³-hybridized carbons (Fsp3) is 0.571. The molecule has 9 nitrogen and oxygen atoms in total. The number of hydrogen-bond acceptors (Lipinski definition) is 8. The molecule has 0 saturated carbocycles. The number of carbonyl (C=O) groups excluding carboxylic acids is 1. The van der Waals surface area contributed by atoms with Gasteiger partial charge < -0.3 is 15.4 Å². The fourth-order valence-corrected chi connectivity index (χ4v) is 3.81. The van der Waals surface area contributed by atoms with Crippen LogP contribution in [0, 0.1) is 11.3 Å². The first kappa shape index (κ1) is 20.6. The second-order valence-electron chi connectivity index (χ2n) is 8.40. The van der Waals surface area contributed by atoms with Crippen LogP contribution >= 0.6 is 0 Å². The van der Waals surface area contributed by atoms with E-state index in [0.29, 0.717) is 24.0 Å². The maximum absolute atomic E-state index is 12.5. The van der Waals surface area contributed by atoms with Crippen molar-refractivity contribution >= 4 is 17.7 Å². The van der Waals surface area contributed by atoms with Crippen molar-refractivity contribution in [3.05, 3.63) is 24.5 Å². The molecule has 160 valence electrons. The number of nitrogens with zero attached hydrogens (tertiary/aromatic N) is 4. The van der Waals surface area contributed by atoms with Crippen LogP contribution in [-0.2, 0) is 9.53 Å². The van der Waals surface area contributed by atoms with Gasteiger partial charge >= 0.3 is 0 Å². The molecular formula is C21H29N7O2. The summed E-state index contributed by atoms with van der Waals surface area (Å²) in [4.78, 5) is 21.2. The molecule has 2 aromatic heterocycles. The third-order valence-electron chi connectivity index (χ3n) is 5.90. The summed E-state index contributed by atoms with van der Waals surface area (Å²) in [5.41, 5.74) is 1.70. The highest BCUT2D eigenvalue weighted by molar-refractivity contribution is 5.91. The Kier molecular flexibility index (Phi) is 6.49. The number of amides is 1. The molecule has 2 aliphatic rings. The van der Waals surface area contributed by atoms with Crippen LogP contribution in [-0.4, -0.2) is 58.9 Å². The van der Waals surface area contributed by atoms with Crippen molar-refractivity contribution in [2.24, 2.45) is 11.3 Å². The van der Waals surface area contributed by atoms with Crippen molar-refractivity contribution < 1.29 is 9.53 Å². The molecule has 4 heterocycles. The monoisotopic (exact) mass is 411 g/mol. The van der Waals surface area contributed by atoms with Gasteiger partial charge in [-0.1, -0.05) is 6.92 Å². The van der Waals surface area contributed by atoms with E-state index in [2.05, 4.69) is 43.0 Å². The maximum Gasteiger partial charge on any atom is 0.231 e. The Labute approximate surface area is 176 Å². The molecule has 2 fully saturated rings. The third kappa shape index (κ3) is 5.28. The number of ether oxygens (including phenoxy) is 1. The average molecular weight is 412 g/mol. The van der Waals surface area contributed by atoms with Crippen molar-refractivity contribution in [3.63, 3.8) is 0 Å². The molecule has 2 aromatic rings. The van der Waals surface area contributed by atoms with Crippen LogP contribution in [0.5, 0.6) is 0 Å². The van der Waals surface area contributed by atoms with E-state index in [9.17, 15) is 4.79 Å². The van der Waals surface area contributed by atoms with Gasteiger partial charge in [0.2, 0.25) is 11.9 Å². The topological polar surface area (TPSA) is 114 Å². The first-order valence-corrected chi connectivity index (χ1v) is 10.6. The quantitative estimate of drug-likeness (QED) is 0.662. The van der Waals surface area contributed by atoms with Crippen molar-refractivity contribution in [3.8, 4) is 11.3 Å². The van der Waals surface area contributed by atoms with E-state index in [1.165, 1.54) is 0 Å². The van der Waals surface area contributed by atoms with Gasteiger partial charge in [0.15, 0.2) is 0 Å². The SMILES string of the molecule is CC1(CNc2cc(-c3ccnc(NC(=O)[C@@H]4CCCNC4)n3)cnn2)CCOCC1. The number of rotatable bonds is 6. The van der Waals surface area contributed by atoms with Crippen LogP contribution in [0.4, 0.5) is 11.8 Å². The zero-order chi connectivity index (χ0) is 20.8. The van der Waals surface area contributed by atoms with E-state index in [1.807, 2.05) is 6.07 Å². The van der Waals surface area contributed by atoms with Crippen molar-refractivity contribution in [2.45, 2.75) is 32.6 Å². The Hall–Kier alpha value is -2.65. The molecule has 0 radical (unpaired) electrons. The summed E-state index contributed by atoms with van der Waals surface area (Å²) in [5.74, 6) is 0.928. The van der Waals surface area contributed by atoms with Gasteiger partial charge in [-0.2, -0.15) is 5.10 Å². The maximum atomic E-state index is 12.5. The number of hydrogen-bond donors (Lipinski definition) is 3. The molecule has 2 aliphatic heterocycles. The molecule has 9 heteroatoms. The lowest BCUT2D eigenvalue weighted by Gasteiger charge is -2.33. The second kappa shape index (κ2) is 9.44. The molecule has 3 N–H and O–H groups in total. The van der Waals surface area contributed by atoms with E-state index in [0.717, 1.165) is 57.6 Å². The summed E-state index contributed by atoms with van der Waals surface area (Å²) in [6, 6.07) is 3.73. The highest BCUT2D eigenvalue weighted by Crippen LogP contribution is 2.30. The van der Waals surface area contributed by atoms with E-state index < -0.39 is 0 Å². The molecule has 0 unspecified atom stereocenters. The summed E-state index contributed by atoms with van der Waals surface area (Å²) >= 11 is 0. The van der Waals surface area contributed by atoms with Gasteiger partial charge in [-0.05, 0) is 49.8 Å². The highest BCUT2D eigenvalue weighted by atomic mass is 16.5. The lowest BCUT2D eigenvalue weighted by molar-refractivity contribution is -0.120. The fourth-order valence-electron chi connectivity index (χ4n) is 3.81. The minimum Gasteiger partial charge on any atom is -0.381 e. The molecule has 1 atom stereocenters. The zero-order valence-electron chi connectivity index (χ0n) is 17.4. The van der Waals surface area contributed by atoms with Gasteiger partial charge in [0.1, 0.15) is 5.82 Å². The Bertz CT molecular complexity index is 864. The molecular weight excluding hydrogens is 382 g/mol. The first-order chi connectivity index (χ1) is 14.6. The standard InChI is InChI=1S/C21H29N7O2/c1-21(5-9-30-10-6-21)14-24-18-11-16(13-25-28-18)17-4-8-23-20(26-17)27-19(29)15-3-2-7-22-12-15/h4,8,11,13,15,22H,2-3,5-7,9-10,12,14H2,1H3,(H,24,28)(H,23,26,27,29)/t15-/m1/s1. The molecule has 0 spiro atoms. The second-order valence-corrected chi connectivity index (χ2v) is 8.40. The largest absolute Gasteiger partial charge is 0.381 e. The zero-order valence-corrected chi connectivity index (χ0v) is 17.4. The van der Waals surface area contributed by atoms with Gasteiger partial charge in [0.05, 0.1) is 17.8 Å². The van der Waals surface area contributed by atoms with Gasteiger partial charge in [-0.15, -0.1) is 5.10 Å². The van der Waals surface area contributed by atoms with Crippen LogP contribution in [0.3, 0.4) is 0 Å². The summed E-state index contributed by atoms with van der Waals surface area (Å²) in [7, 11) is 0. The normalized spacial score (nSPS) is 21.0. The average Bonchev–Trinajstić information content (AvgIpc) is 2.79. The minimum absolute atomic E-state index is 0.0423. The summed E-state index contributed by atoms with van der Waals surface area (Å²) in [6.07, 6.45) is 7.25. The molecule has 1 amide bonds. The van der Waals surface area contributed by atoms with Crippen molar-refractivity contribution in [1.82, 2.24) is 25.5 Å². The third-order valence-corrected chi connectivity index (χ3v) is 5.90. The number of nitrogens with one attached hydrogen (secondary N) is 3.